The SMILES string of the molecule is CCC(=NNC(=O)[C@H]1C[C@@H]1c1ccccc1)c1ccccc1O. The maximum absolute atomic E-state index is 12.2. The van der Waals surface area contributed by atoms with Gasteiger partial charge < -0.3 is 5.11 Å². The van der Waals surface area contributed by atoms with Crippen LogP contribution in [0.4, 0.5) is 0 Å². The third-order valence-electron chi connectivity index (χ3n) is 4.21. The second-order valence-corrected chi connectivity index (χ2v) is 5.76. The fraction of sp³-hybridized carbons (Fsp3) is 0.263. The summed E-state index contributed by atoms with van der Waals surface area (Å²) in [6, 6.07) is 17.1. The van der Waals surface area contributed by atoms with Crippen LogP contribution in [0.3, 0.4) is 0 Å². The highest BCUT2D eigenvalue weighted by atomic mass is 16.3. The molecular weight excluding hydrogens is 288 g/mol. The fourth-order valence-corrected chi connectivity index (χ4v) is 2.81. The lowest BCUT2D eigenvalue weighted by Crippen LogP contribution is -2.22. The number of nitrogens with zero attached hydrogens (tertiary/aromatic N) is 1. The van der Waals surface area contributed by atoms with E-state index in [0.717, 1.165) is 6.42 Å². The average Bonchev–Trinajstić information content (AvgIpc) is 3.38. The Morgan fingerprint density at radius 3 is 2.57 bits per heavy atom. The number of para-hydroxylation sites is 1. The summed E-state index contributed by atoms with van der Waals surface area (Å²) < 4.78 is 0. The molecule has 1 aliphatic carbocycles. The minimum absolute atomic E-state index is 0.0105. The number of aromatic hydroxyl groups is 1. The van der Waals surface area contributed by atoms with E-state index in [2.05, 4.69) is 22.7 Å². The molecular formula is C19H20N2O2. The van der Waals surface area contributed by atoms with Crippen LogP contribution in [0.25, 0.3) is 0 Å². The number of amides is 1. The van der Waals surface area contributed by atoms with Crippen molar-refractivity contribution in [2.24, 2.45) is 11.0 Å². The van der Waals surface area contributed by atoms with Gasteiger partial charge in [-0.25, -0.2) is 5.43 Å². The molecule has 2 atom stereocenters. The summed E-state index contributed by atoms with van der Waals surface area (Å²) in [6.45, 7) is 1.95. The summed E-state index contributed by atoms with van der Waals surface area (Å²) in [5.41, 5.74) is 5.19. The molecule has 118 valence electrons. The van der Waals surface area contributed by atoms with Gasteiger partial charge in [-0.05, 0) is 36.5 Å². The second-order valence-electron chi connectivity index (χ2n) is 5.76. The van der Waals surface area contributed by atoms with E-state index in [0.29, 0.717) is 23.6 Å². The quantitative estimate of drug-likeness (QED) is 0.656. The predicted molar refractivity (Wildman–Crippen MR) is 90.4 cm³/mol. The van der Waals surface area contributed by atoms with Crippen LogP contribution in [0.5, 0.6) is 5.75 Å². The molecule has 0 unspecified atom stereocenters. The smallest absolute Gasteiger partial charge is 0.243 e. The zero-order valence-electron chi connectivity index (χ0n) is 13.1. The third-order valence-corrected chi connectivity index (χ3v) is 4.21. The Morgan fingerprint density at radius 1 is 1.17 bits per heavy atom. The molecule has 2 N–H and O–H groups in total. The molecule has 23 heavy (non-hydrogen) atoms. The van der Waals surface area contributed by atoms with Crippen molar-refractivity contribution in [3.8, 4) is 5.75 Å². The van der Waals surface area contributed by atoms with Gasteiger partial charge in [0.05, 0.1) is 5.71 Å². The van der Waals surface area contributed by atoms with Crippen molar-refractivity contribution in [1.29, 1.82) is 0 Å². The number of hydrogen-bond donors (Lipinski definition) is 2. The van der Waals surface area contributed by atoms with E-state index in [-0.39, 0.29) is 17.6 Å². The largest absolute Gasteiger partial charge is 0.507 e. The number of hydrogen-bond acceptors (Lipinski definition) is 3. The Kier molecular flexibility index (Phi) is 4.42. The number of hydrazone groups is 1. The van der Waals surface area contributed by atoms with Crippen LogP contribution in [0, 0.1) is 5.92 Å². The summed E-state index contributed by atoms with van der Waals surface area (Å²) in [7, 11) is 0. The van der Waals surface area contributed by atoms with Crippen LogP contribution in [-0.2, 0) is 4.79 Å². The van der Waals surface area contributed by atoms with E-state index in [9.17, 15) is 9.90 Å². The van der Waals surface area contributed by atoms with Gasteiger partial charge in [-0.15, -0.1) is 0 Å². The lowest BCUT2D eigenvalue weighted by molar-refractivity contribution is -0.122. The minimum atomic E-state index is -0.0553. The maximum atomic E-state index is 12.2. The number of benzene rings is 2. The van der Waals surface area contributed by atoms with E-state index < -0.39 is 0 Å². The van der Waals surface area contributed by atoms with E-state index in [1.807, 2.05) is 31.2 Å². The van der Waals surface area contributed by atoms with Crippen molar-refractivity contribution in [2.75, 3.05) is 0 Å². The normalized spacial score (nSPS) is 20.1. The lowest BCUT2D eigenvalue weighted by Gasteiger charge is -2.07. The van der Waals surface area contributed by atoms with E-state index in [4.69, 9.17) is 0 Å². The van der Waals surface area contributed by atoms with Gasteiger partial charge in [-0.2, -0.15) is 5.10 Å². The van der Waals surface area contributed by atoms with Crippen LogP contribution < -0.4 is 5.43 Å². The standard InChI is InChI=1S/C19H20N2O2/c1-2-17(14-10-6-7-11-18(14)22)20-21-19(23)16-12-15(16)13-8-4-3-5-9-13/h3-11,15-16,22H,2,12H2,1H3,(H,21,23)/t15-,16+/m1/s1. The molecule has 0 heterocycles. The number of phenols is 1. The van der Waals surface area contributed by atoms with Gasteiger partial charge >= 0.3 is 0 Å². The van der Waals surface area contributed by atoms with Gasteiger partial charge in [0.1, 0.15) is 5.75 Å². The Morgan fingerprint density at radius 2 is 1.87 bits per heavy atom. The summed E-state index contributed by atoms with van der Waals surface area (Å²) in [5.74, 6) is 0.404. The monoisotopic (exact) mass is 308 g/mol. The number of rotatable bonds is 5. The lowest BCUT2D eigenvalue weighted by atomic mass is 10.1. The van der Waals surface area contributed by atoms with Crippen molar-refractivity contribution in [1.82, 2.24) is 5.43 Å². The van der Waals surface area contributed by atoms with Crippen LogP contribution in [0.15, 0.2) is 59.7 Å². The Balaban J connectivity index is 1.65. The molecule has 4 nitrogen and oxygen atoms in total. The molecule has 0 aromatic heterocycles. The second kappa shape index (κ2) is 6.65. The van der Waals surface area contributed by atoms with Crippen molar-refractivity contribution < 1.29 is 9.90 Å². The van der Waals surface area contributed by atoms with Gasteiger partial charge in [0.2, 0.25) is 5.91 Å². The molecule has 0 radical (unpaired) electrons. The highest BCUT2D eigenvalue weighted by Gasteiger charge is 2.43. The summed E-state index contributed by atoms with van der Waals surface area (Å²) in [6.07, 6.45) is 1.49. The van der Waals surface area contributed by atoms with Gasteiger partial charge in [0.15, 0.2) is 0 Å². The molecule has 0 bridgehead atoms. The number of phenolic OH excluding ortho intramolecular Hbond substituents is 1. The summed E-state index contributed by atoms with van der Waals surface area (Å²) >= 11 is 0. The fourth-order valence-electron chi connectivity index (χ4n) is 2.81. The highest BCUT2D eigenvalue weighted by molar-refractivity contribution is 6.03. The molecule has 3 rings (SSSR count). The predicted octanol–water partition coefficient (Wildman–Crippen LogP) is 3.43. The van der Waals surface area contributed by atoms with Crippen molar-refractivity contribution in [3.05, 3.63) is 65.7 Å². The van der Waals surface area contributed by atoms with Crippen LogP contribution in [-0.4, -0.2) is 16.7 Å². The molecule has 4 heteroatoms. The van der Waals surface area contributed by atoms with Gasteiger partial charge in [-0.3, -0.25) is 4.79 Å². The third kappa shape index (κ3) is 3.42. The molecule has 2 aromatic rings. The summed E-state index contributed by atoms with van der Waals surface area (Å²) in [5, 5.41) is 14.1. The van der Waals surface area contributed by atoms with Gasteiger partial charge in [0, 0.05) is 11.5 Å². The maximum Gasteiger partial charge on any atom is 0.243 e. The Hall–Kier alpha value is -2.62. The zero-order valence-corrected chi connectivity index (χ0v) is 13.1. The zero-order chi connectivity index (χ0) is 16.2. The van der Waals surface area contributed by atoms with Crippen LogP contribution in [0.1, 0.15) is 36.8 Å². The molecule has 0 spiro atoms. The first-order chi connectivity index (χ1) is 11.2. The van der Waals surface area contributed by atoms with E-state index in [1.54, 1.807) is 18.2 Å². The number of nitrogens with one attached hydrogen (secondary N) is 1. The van der Waals surface area contributed by atoms with Gasteiger partial charge in [-0.1, -0.05) is 49.4 Å². The topological polar surface area (TPSA) is 61.7 Å². The van der Waals surface area contributed by atoms with E-state index in [1.165, 1.54) is 5.56 Å². The van der Waals surface area contributed by atoms with E-state index >= 15 is 0 Å². The van der Waals surface area contributed by atoms with Crippen LogP contribution in [0.2, 0.25) is 0 Å². The molecule has 1 aliphatic rings. The van der Waals surface area contributed by atoms with Gasteiger partial charge in [0.25, 0.3) is 0 Å². The van der Waals surface area contributed by atoms with Crippen molar-refractivity contribution in [3.63, 3.8) is 0 Å². The van der Waals surface area contributed by atoms with Crippen LogP contribution >= 0.6 is 0 Å². The summed E-state index contributed by atoms with van der Waals surface area (Å²) in [4.78, 5) is 12.2. The minimum Gasteiger partial charge on any atom is -0.507 e. The molecule has 1 saturated carbocycles. The Labute approximate surface area is 135 Å². The molecule has 2 aromatic carbocycles. The first-order valence-electron chi connectivity index (χ1n) is 7.90. The molecule has 0 aliphatic heterocycles. The van der Waals surface area contributed by atoms with Crippen molar-refractivity contribution in [2.45, 2.75) is 25.7 Å². The van der Waals surface area contributed by atoms with Crippen molar-refractivity contribution >= 4 is 11.6 Å². The molecule has 1 fully saturated rings. The first kappa shape index (κ1) is 15.3. The molecule has 0 saturated heterocycles. The highest BCUT2D eigenvalue weighted by Crippen LogP contribution is 2.47. The molecule has 1 amide bonds. The number of carbonyl (C=O) groups is 1. The Bertz CT molecular complexity index is 725. The first-order valence-corrected chi connectivity index (χ1v) is 7.90. The average molecular weight is 308 g/mol. The number of carbonyl (C=O) groups excluding carboxylic acids is 1.